The van der Waals surface area contributed by atoms with Crippen LogP contribution >= 0.6 is 12.6 Å². The van der Waals surface area contributed by atoms with Gasteiger partial charge in [-0.3, -0.25) is 0 Å². The molecule has 3 heteroatoms. The molecule has 1 aromatic rings. The van der Waals surface area contributed by atoms with Crippen molar-refractivity contribution in [2.75, 3.05) is 6.26 Å². The Bertz CT molecular complexity index is 326. The van der Waals surface area contributed by atoms with E-state index in [4.69, 9.17) is 5.73 Å². The van der Waals surface area contributed by atoms with Crippen molar-refractivity contribution in [1.82, 2.24) is 0 Å². The minimum absolute atomic E-state index is 0.400. The topological polar surface area (TPSA) is 46.2 Å². The fraction of sp³-hybridized carbons (Fsp3) is 0.500. The predicted molar refractivity (Wildman–Crippen MR) is 92.2 cm³/mol. The van der Waals surface area contributed by atoms with Gasteiger partial charge >= 0.3 is 0 Å². The molecule has 1 rings (SSSR count). The van der Waals surface area contributed by atoms with E-state index in [0.29, 0.717) is 5.75 Å². The van der Waals surface area contributed by atoms with Gasteiger partial charge in [-0.15, -0.1) is 0 Å². The number of hydrogen-bond donors (Lipinski definition) is 3. The van der Waals surface area contributed by atoms with Crippen molar-refractivity contribution < 1.29 is 5.11 Å². The maximum atomic E-state index is 9.28. The van der Waals surface area contributed by atoms with Gasteiger partial charge in [-0.2, -0.15) is 12.6 Å². The fourth-order valence-electron chi connectivity index (χ4n) is 1.02. The molecule has 0 spiro atoms. The maximum absolute atomic E-state index is 9.28. The Morgan fingerprint density at radius 3 is 1.84 bits per heavy atom. The van der Waals surface area contributed by atoms with E-state index in [1.165, 1.54) is 0 Å². The van der Waals surface area contributed by atoms with Gasteiger partial charge in [-0.25, -0.2) is 0 Å². The summed E-state index contributed by atoms with van der Waals surface area (Å²) in [4.78, 5) is 0. The average Bonchev–Trinajstić information content (AvgIpc) is 2.41. The Balaban J connectivity index is -0.000000242. The minimum atomic E-state index is 0.400. The van der Waals surface area contributed by atoms with Crippen LogP contribution in [-0.4, -0.2) is 11.4 Å². The van der Waals surface area contributed by atoms with Gasteiger partial charge in [0.25, 0.3) is 0 Å². The third kappa shape index (κ3) is 13.1. The van der Waals surface area contributed by atoms with E-state index in [-0.39, 0.29) is 0 Å². The highest BCUT2D eigenvalue weighted by atomic mass is 32.1. The second kappa shape index (κ2) is 15.0. The lowest BCUT2D eigenvalue weighted by atomic mass is 10.1. The molecular weight excluding hydrogens is 254 g/mol. The van der Waals surface area contributed by atoms with Gasteiger partial charge in [-0.05, 0) is 56.2 Å². The summed E-state index contributed by atoms with van der Waals surface area (Å²) < 4.78 is 0. The van der Waals surface area contributed by atoms with Crippen LogP contribution in [0.15, 0.2) is 24.4 Å². The van der Waals surface area contributed by atoms with Gasteiger partial charge < -0.3 is 10.8 Å². The third-order valence-corrected chi connectivity index (χ3v) is 2.24. The summed E-state index contributed by atoms with van der Waals surface area (Å²) in [6, 6.07) is 3.84. The zero-order chi connectivity index (χ0) is 16.0. The van der Waals surface area contributed by atoms with Crippen molar-refractivity contribution in [3.63, 3.8) is 0 Å². The molecule has 0 heterocycles. The van der Waals surface area contributed by atoms with Crippen LogP contribution in [-0.2, 0) is 0 Å². The highest BCUT2D eigenvalue weighted by molar-refractivity contribution is 7.79. The number of hydrogen-bond acceptors (Lipinski definition) is 3. The molecule has 0 aliphatic heterocycles. The quantitative estimate of drug-likeness (QED) is 0.652. The highest BCUT2D eigenvalue weighted by Crippen LogP contribution is 2.20. The summed E-state index contributed by atoms with van der Waals surface area (Å²) in [6.45, 7) is 15.3. The zero-order valence-electron chi connectivity index (χ0n) is 13.5. The summed E-state index contributed by atoms with van der Waals surface area (Å²) in [5, 5.41) is 9.28. The first kappa shape index (κ1) is 23.0. The Kier molecular flexibility index (Phi) is 18.1. The Labute approximate surface area is 125 Å². The van der Waals surface area contributed by atoms with E-state index in [1.54, 1.807) is 12.3 Å². The molecule has 1 aromatic carbocycles. The van der Waals surface area contributed by atoms with Crippen molar-refractivity contribution in [1.29, 1.82) is 0 Å². The second-order valence-electron chi connectivity index (χ2n) is 3.74. The van der Waals surface area contributed by atoms with Gasteiger partial charge in [-0.1, -0.05) is 33.4 Å². The first-order chi connectivity index (χ1) is 8.88. The number of benzene rings is 1. The van der Waals surface area contributed by atoms with Gasteiger partial charge in [0.1, 0.15) is 5.75 Å². The number of allylic oxidation sites excluding steroid dienone is 1. The second-order valence-corrected chi connectivity index (χ2v) is 3.74. The summed E-state index contributed by atoms with van der Waals surface area (Å²) in [7, 11) is 0. The van der Waals surface area contributed by atoms with Crippen LogP contribution in [0.2, 0.25) is 0 Å². The molecule has 0 atom stereocenters. The lowest BCUT2D eigenvalue weighted by Crippen LogP contribution is -1.89. The van der Waals surface area contributed by atoms with Crippen molar-refractivity contribution in [3.8, 4) is 5.75 Å². The Morgan fingerprint density at radius 1 is 1.21 bits per heavy atom. The number of thiol groups is 1. The molecule has 0 saturated heterocycles. The van der Waals surface area contributed by atoms with E-state index in [1.807, 2.05) is 41.5 Å². The van der Waals surface area contributed by atoms with Crippen LogP contribution in [0.25, 0.3) is 0 Å². The molecule has 0 fully saturated rings. The molecule has 3 N–H and O–H groups in total. The molecule has 0 amide bonds. The van der Waals surface area contributed by atoms with Crippen molar-refractivity contribution in [3.05, 3.63) is 41.1 Å². The SMILES string of the molecule is C=C(N)CC.CC.CS.Cc1cc(C)c(C)c(O)c1. The van der Waals surface area contributed by atoms with Crippen LogP contribution in [0.3, 0.4) is 0 Å². The molecule has 0 unspecified atom stereocenters. The molecule has 0 aliphatic rings. The van der Waals surface area contributed by atoms with Gasteiger partial charge in [0.05, 0.1) is 0 Å². The molecule has 2 nitrogen and oxygen atoms in total. The Morgan fingerprint density at radius 2 is 1.58 bits per heavy atom. The molecule has 0 bridgehead atoms. The number of phenolic OH excluding ortho intramolecular Hbond substituents is 1. The molecule has 0 aliphatic carbocycles. The number of phenols is 1. The van der Waals surface area contributed by atoms with Gasteiger partial charge in [0, 0.05) is 5.70 Å². The van der Waals surface area contributed by atoms with E-state index in [0.717, 1.165) is 28.8 Å². The standard InChI is InChI=1S/C9H12O.C4H9N.C2H6.CH4S/c1-6-4-7(2)8(3)9(10)5-6;1-3-4(2)5;2*1-2/h4-5,10H,1-3H3;2-3,5H2,1H3;1-2H3;2H,1H3. The first-order valence-electron chi connectivity index (χ1n) is 6.53. The molecule has 112 valence electrons. The van der Waals surface area contributed by atoms with Crippen molar-refractivity contribution in [2.24, 2.45) is 5.73 Å². The van der Waals surface area contributed by atoms with Crippen LogP contribution < -0.4 is 5.73 Å². The number of aromatic hydroxyl groups is 1. The molecule has 0 aromatic heterocycles. The molecule has 0 saturated carbocycles. The monoisotopic (exact) mass is 285 g/mol. The van der Waals surface area contributed by atoms with E-state index in [9.17, 15) is 5.11 Å². The van der Waals surface area contributed by atoms with Crippen molar-refractivity contribution >= 4 is 12.6 Å². The normalized spacial score (nSPS) is 7.79. The maximum Gasteiger partial charge on any atom is 0.119 e. The largest absolute Gasteiger partial charge is 0.508 e. The number of aryl methyl sites for hydroxylation is 2. The van der Waals surface area contributed by atoms with Crippen LogP contribution in [0.5, 0.6) is 5.75 Å². The zero-order valence-corrected chi connectivity index (χ0v) is 14.4. The smallest absolute Gasteiger partial charge is 0.119 e. The van der Waals surface area contributed by atoms with Crippen LogP contribution in [0.4, 0.5) is 0 Å². The lowest BCUT2D eigenvalue weighted by Gasteiger charge is -2.03. The van der Waals surface area contributed by atoms with Crippen LogP contribution in [0.1, 0.15) is 43.9 Å². The predicted octanol–water partition coefficient (Wildman–Crippen LogP) is 4.76. The molecule has 0 radical (unpaired) electrons. The average molecular weight is 285 g/mol. The molecular formula is C16H31NOS. The Hall–Kier alpha value is -1.09. The summed E-state index contributed by atoms with van der Waals surface area (Å²) in [5.41, 5.74) is 9.09. The summed E-state index contributed by atoms with van der Waals surface area (Å²) >= 11 is 3.53. The number of nitrogens with two attached hydrogens (primary N) is 1. The van der Waals surface area contributed by atoms with Gasteiger partial charge in [0.15, 0.2) is 0 Å². The van der Waals surface area contributed by atoms with Crippen molar-refractivity contribution in [2.45, 2.75) is 48.0 Å². The minimum Gasteiger partial charge on any atom is -0.508 e. The molecule has 19 heavy (non-hydrogen) atoms. The van der Waals surface area contributed by atoms with Gasteiger partial charge in [0.2, 0.25) is 0 Å². The number of rotatable bonds is 1. The van der Waals surface area contributed by atoms with E-state index < -0.39 is 0 Å². The van der Waals surface area contributed by atoms with E-state index in [2.05, 4.69) is 25.3 Å². The summed E-state index contributed by atoms with van der Waals surface area (Å²) in [5.74, 6) is 0.400. The fourth-order valence-corrected chi connectivity index (χ4v) is 1.02. The van der Waals surface area contributed by atoms with Crippen LogP contribution in [0, 0.1) is 20.8 Å². The lowest BCUT2D eigenvalue weighted by molar-refractivity contribution is 0.470. The highest BCUT2D eigenvalue weighted by Gasteiger charge is 1.98. The van der Waals surface area contributed by atoms with E-state index >= 15 is 0 Å². The first-order valence-corrected chi connectivity index (χ1v) is 7.42. The third-order valence-electron chi connectivity index (χ3n) is 2.24. The summed E-state index contributed by atoms with van der Waals surface area (Å²) in [6.07, 6.45) is 2.58.